The van der Waals surface area contributed by atoms with Crippen molar-refractivity contribution < 1.29 is 19.4 Å². The third-order valence-electron chi connectivity index (χ3n) is 4.58. The fourth-order valence-electron chi connectivity index (χ4n) is 3.65. The molecule has 0 aromatic carbocycles. The van der Waals surface area contributed by atoms with E-state index in [-0.39, 0.29) is 23.6 Å². The Morgan fingerprint density at radius 1 is 1.29 bits per heavy atom. The molecule has 0 radical (unpaired) electrons. The van der Waals surface area contributed by atoms with Gasteiger partial charge in [-0.05, 0) is 43.2 Å². The Morgan fingerprint density at radius 3 is 2.67 bits per heavy atom. The summed E-state index contributed by atoms with van der Waals surface area (Å²) in [5, 5.41) is 20.3. The predicted octanol–water partition coefficient (Wildman–Crippen LogP) is 1.17. The molecule has 0 amide bonds. The third kappa shape index (κ3) is 2.43. The molecule has 1 aromatic heterocycles. The molecule has 3 rings (SSSR count). The molecule has 0 aliphatic heterocycles. The Morgan fingerprint density at radius 2 is 2.05 bits per heavy atom. The van der Waals surface area contributed by atoms with Crippen LogP contribution in [0.4, 0.5) is 5.82 Å². The van der Waals surface area contributed by atoms with Crippen molar-refractivity contribution in [2.45, 2.75) is 25.3 Å². The lowest BCUT2D eigenvalue weighted by atomic mass is 9.84. The molecule has 4 atom stereocenters. The van der Waals surface area contributed by atoms with E-state index in [4.69, 9.17) is 0 Å². The summed E-state index contributed by atoms with van der Waals surface area (Å²) in [5.74, 6) is -0.543. The average molecular weight is 291 g/mol. The maximum atomic E-state index is 11.4. The fourth-order valence-corrected chi connectivity index (χ4v) is 3.65. The summed E-state index contributed by atoms with van der Waals surface area (Å²) in [6.07, 6.45) is 3.01. The zero-order valence-corrected chi connectivity index (χ0v) is 11.7. The first-order chi connectivity index (χ1) is 10.1. The second kappa shape index (κ2) is 5.31. The van der Waals surface area contributed by atoms with Crippen molar-refractivity contribution >= 4 is 17.8 Å². The molecular weight excluding hydrogens is 274 g/mol. The van der Waals surface area contributed by atoms with E-state index in [9.17, 15) is 14.7 Å². The van der Waals surface area contributed by atoms with E-state index >= 15 is 0 Å². The minimum absolute atomic E-state index is 0.112. The molecule has 2 bridgehead atoms. The molecule has 2 saturated carbocycles. The molecule has 0 saturated heterocycles. The Balaban J connectivity index is 1.74. The van der Waals surface area contributed by atoms with Crippen LogP contribution in [0.25, 0.3) is 0 Å². The molecule has 1 aromatic rings. The summed E-state index contributed by atoms with van der Waals surface area (Å²) in [7, 11) is 1.28. The van der Waals surface area contributed by atoms with Gasteiger partial charge in [0.25, 0.3) is 0 Å². The molecule has 7 heteroatoms. The molecule has 2 N–H and O–H groups in total. The van der Waals surface area contributed by atoms with Crippen molar-refractivity contribution in [3.8, 4) is 0 Å². The topological polar surface area (TPSA) is 101 Å². The summed E-state index contributed by atoms with van der Waals surface area (Å²) in [6.45, 7) is 0. The van der Waals surface area contributed by atoms with Crippen molar-refractivity contribution in [3.05, 3.63) is 17.8 Å². The number of carbonyl (C=O) groups is 2. The van der Waals surface area contributed by atoms with E-state index in [1.165, 1.54) is 13.2 Å². The summed E-state index contributed by atoms with van der Waals surface area (Å²) in [6, 6.07) is 3.04. The largest absolute Gasteiger partial charge is 0.481 e. The van der Waals surface area contributed by atoms with Gasteiger partial charge in [-0.2, -0.15) is 0 Å². The van der Waals surface area contributed by atoms with Gasteiger partial charge in [0, 0.05) is 6.04 Å². The van der Waals surface area contributed by atoms with Crippen molar-refractivity contribution in [2.24, 2.45) is 17.8 Å². The van der Waals surface area contributed by atoms with Gasteiger partial charge in [-0.1, -0.05) is 0 Å². The van der Waals surface area contributed by atoms with Gasteiger partial charge in [0.15, 0.2) is 5.69 Å². The molecule has 4 unspecified atom stereocenters. The molecule has 2 fully saturated rings. The van der Waals surface area contributed by atoms with Gasteiger partial charge >= 0.3 is 11.9 Å². The summed E-state index contributed by atoms with van der Waals surface area (Å²) < 4.78 is 4.56. The zero-order chi connectivity index (χ0) is 15.0. The van der Waals surface area contributed by atoms with Gasteiger partial charge in [0.05, 0.1) is 13.0 Å². The zero-order valence-electron chi connectivity index (χ0n) is 11.7. The molecular formula is C14H17N3O4. The number of aliphatic carboxylic acids is 1. The van der Waals surface area contributed by atoms with E-state index in [0.29, 0.717) is 11.7 Å². The van der Waals surface area contributed by atoms with Crippen molar-refractivity contribution in [3.63, 3.8) is 0 Å². The fraction of sp³-hybridized carbons (Fsp3) is 0.571. The first-order valence-electron chi connectivity index (χ1n) is 7.01. The Bertz CT molecular complexity index is 560. The summed E-state index contributed by atoms with van der Waals surface area (Å²) in [5.41, 5.74) is 0.130. The summed E-state index contributed by atoms with van der Waals surface area (Å²) in [4.78, 5) is 22.7. The Hall–Kier alpha value is -2.18. The lowest BCUT2D eigenvalue weighted by Crippen LogP contribution is -2.39. The van der Waals surface area contributed by atoms with Crippen molar-refractivity contribution in [1.29, 1.82) is 0 Å². The maximum Gasteiger partial charge on any atom is 0.358 e. The molecule has 1 heterocycles. The Kier molecular flexibility index (Phi) is 3.48. The van der Waals surface area contributed by atoms with Crippen LogP contribution in [0.1, 0.15) is 29.8 Å². The highest BCUT2D eigenvalue weighted by Crippen LogP contribution is 2.49. The lowest BCUT2D eigenvalue weighted by Gasteiger charge is -2.29. The number of nitrogens with zero attached hydrogens (tertiary/aromatic N) is 2. The highest BCUT2D eigenvalue weighted by atomic mass is 16.5. The number of fused-ring (bicyclic) bond motifs is 2. The van der Waals surface area contributed by atoms with Gasteiger partial charge in [-0.15, -0.1) is 10.2 Å². The number of nitrogens with one attached hydrogen (secondary N) is 1. The van der Waals surface area contributed by atoms with Crippen LogP contribution in [0.3, 0.4) is 0 Å². The number of rotatable bonds is 4. The number of hydrogen-bond acceptors (Lipinski definition) is 6. The maximum absolute atomic E-state index is 11.4. The van der Waals surface area contributed by atoms with Crippen LogP contribution in [0.2, 0.25) is 0 Å². The number of aromatic nitrogens is 2. The number of carbonyl (C=O) groups excluding carboxylic acids is 1. The number of esters is 1. The van der Waals surface area contributed by atoms with E-state index < -0.39 is 11.9 Å². The first kappa shape index (κ1) is 13.8. The SMILES string of the molecule is COC(=O)c1ccc(NC2C3CCC(C3)C2C(=O)O)nn1. The molecule has 112 valence electrons. The van der Waals surface area contributed by atoms with Crippen LogP contribution in [-0.2, 0) is 9.53 Å². The molecule has 21 heavy (non-hydrogen) atoms. The lowest BCUT2D eigenvalue weighted by molar-refractivity contribution is -0.143. The predicted molar refractivity (Wildman–Crippen MR) is 72.7 cm³/mol. The molecule has 2 aliphatic rings. The molecule has 0 spiro atoms. The minimum atomic E-state index is -0.751. The smallest absolute Gasteiger partial charge is 0.358 e. The van der Waals surface area contributed by atoms with E-state index in [1.807, 2.05) is 0 Å². The molecule has 7 nitrogen and oxygen atoms in total. The highest BCUT2D eigenvalue weighted by Gasteiger charge is 2.51. The normalized spacial score (nSPS) is 30.1. The second-order valence-corrected chi connectivity index (χ2v) is 5.66. The second-order valence-electron chi connectivity index (χ2n) is 5.66. The van der Waals surface area contributed by atoms with E-state index in [2.05, 4.69) is 20.3 Å². The van der Waals surface area contributed by atoms with Gasteiger partial charge in [-0.3, -0.25) is 4.79 Å². The minimum Gasteiger partial charge on any atom is -0.481 e. The van der Waals surface area contributed by atoms with Crippen LogP contribution >= 0.6 is 0 Å². The van der Waals surface area contributed by atoms with Gasteiger partial charge in [-0.25, -0.2) is 4.79 Å². The van der Waals surface area contributed by atoms with Crippen molar-refractivity contribution in [2.75, 3.05) is 12.4 Å². The van der Waals surface area contributed by atoms with Crippen LogP contribution in [0.15, 0.2) is 12.1 Å². The van der Waals surface area contributed by atoms with Crippen LogP contribution in [-0.4, -0.2) is 40.4 Å². The summed E-state index contributed by atoms with van der Waals surface area (Å²) >= 11 is 0. The van der Waals surface area contributed by atoms with E-state index in [0.717, 1.165) is 19.3 Å². The number of carboxylic acid groups (broad SMARTS) is 1. The van der Waals surface area contributed by atoms with Crippen molar-refractivity contribution in [1.82, 2.24) is 10.2 Å². The van der Waals surface area contributed by atoms with Gasteiger partial charge in [0.2, 0.25) is 0 Å². The number of ether oxygens (including phenoxy) is 1. The highest BCUT2D eigenvalue weighted by molar-refractivity contribution is 5.87. The number of methoxy groups -OCH3 is 1. The number of carboxylic acids is 1. The molecule has 2 aliphatic carbocycles. The standard InChI is InChI=1S/C14H17N3O4/c1-21-14(20)9-4-5-10(17-16-9)15-12-8-3-2-7(6-8)11(12)13(18)19/h4-5,7-8,11-12H,2-3,6H2,1H3,(H,15,17)(H,18,19). The monoisotopic (exact) mass is 291 g/mol. The first-order valence-corrected chi connectivity index (χ1v) is 7.01. The quantitative estimate of drug-likeness (QED) is 0.803. The number of anilines is 1. The van der Waals surface area contributed by atoms with E-state index in [1.54, 1.807) is 6.07 Å². The average Bonchev–Trinajstić information content (AvgIpc) is 3.08. The van der Waals surface area contributed by atoms with Gasteiger partial charge < -0.3 is 15.2 Å². The Labute approximate surface area is 121 Å². The number of hydrogen-bond donors (Lipinski definition) is 2. The van der Waals surface area contributed by atoms with Crippen LogP contribution in [0, 0.1) is 17.8 Å². The third-order valence-corrected chi connectivity index (χ3v) is 4.58. The van der Waals surface area contributed by atoms with Gasteiger partial charge in [0.1, 0.15) is 5.82 Å². The van der Waals surface area contributed by atoms with Crippen LogP contribution < -0.4 is 5.32 Å². The van der Waals surface area contributed by atoms with Crippen LogP contribution in [0.5, 0.6) is 0 Å².